The Hall–Kier alpha value is -0.920. The van der Waals surface area contributed by atoms with Crippen molar-refractivity contribution in [2.75, 3.05) is 0 Å². The SMILES string of the molecule is CC/C(C=O)=C\C=N. The van der Waals surface area contributed by atoms with Crippen LogP contribution < -0.4 is 0 Å². The summed E-state index contributed by atoms with van der Waals surface area (Å²) in [5, 5.41) is 6.58. The molecule has 0 atom stereocenters. The van der Waals surface area contributed by atoms with Crippen molar-refractivity contribution in [1.82, 2.24) is 0 Å². The summed E-state index contributed by atoms with van der Waals surface area (Å²) in [6.07, 6.45) is 4.09. The Morgan fingerprint density at radius 1 is 1.75 bits per heavy atom. The first-order valence-electron chi connectivity index (χ1n) is 2.50. The van der Waals surface area contributed by atoms with Crippen molar-refractivity contribution in [3.63, 3.8) is 0 Å². The fourth-order valence-electron chi connectivity index (χ4n) is 0.348. The van der Waals surface area contributed by atoms with Gasteiger partial charge in [-0.15, -0.1) is 0 Å². The van der Waals surface area contributed by atoms with Crippen LogP contribution in [0.15, 0.2) is 11.6 Å². The zero-order valence-corrected chi connectivity index (χ0v) is 4.85. The maximum Gasteiger partial charge on any atom is 0.146 e. The quantitative estimate of drug-likeness (QED) is 0.331. The van der Waals surface area contributed by atoms with Crippen molar-refractivity contribution in [3.8, 4) is 0 Å². The first-order chi connectivity index (χ1) is 3.85. The van der Waals surface area contributed by atoms with Crippen LogP contribution in [0.5, 0.6) is 0 Å². The molecule has 0 radical (unpaired) electrons. The molecule has 0 saturated heterocycles. The maximum absolute atomic E-state index is 9.95. The molecule has 8 heavy (non-hydrogen) atoms. The average molecular weight is 111 g/mol. The van der Waals surface area contributed by atoms with Gasteiger partial charge in [0.25, 0.3) is 0 Å². The summed E-state index contributed by atoms with van der Waals surface area (Å²) < 4.78 is 0. The van der Waals surface area contributed by atoms with Crippen molar-refractivity contribution >= 4 is 12.5 Å². The lowest BCUT2D eigenvalue weighted by Crippen LogP contribution is -1.80. The Balaban J connectivity index is 3.84. The van der Waals surface area contributed by atoms with E-state index in [4.69, 9.17) is 5.41 Å². The Morgan fingerprint density at radius 2 is 2.38 bits per heavy atom. The first-order valence-corrected chi connectivity index (χ1v) is 2.50. The molecule has 0 aliphatic heterocycles. The summed E-state index contributed by atoms with van der Waals surface area (Å²) in [6.45, 7) is 1.88. The second-order valence-corrected chi connectivity index (χ2v) is 1.38. The number of rotatable bonds is 3. The Bertz CT molecular complexity index is 116. The third kappa shape index (κ3) is 2.29. The van der Waals surface area contributed by atoms with Crippen molar-refractivity contribution in [2.45, 2.75) is 13.3 Å². The highest BCUT2D eigenvalue weighted by atomic mass is 16.1. The Labute approximate surface area is 48.7 Å². The van der Waals surface area contributed by atoms with E-state index in [-0.39, 0.29) is 0 Å². The molecule has 0 heterocycles. The van der Waals surface area contributed by atoms with E-state index in [1.807, 2.05) is 6.92 Å². The summed E-state index contributed by atoms with van der Waals surface area (Å²) >= 11 is 0. The summed E-state index contributed by atoms with van der Waals surface area (Å²) in [5.41, 5.74) is 0.667. The highest BCUT2D eigenvalue weighted by molar-refractivity contribution is 5.82. The molecule has 0 aromatic rings. The van der Waals surface area contributed by atoms with Gasteiger partial charge in [-0.25, -0.2) is 0 Å². The summed E-state index contributed by atoms with van der Waals surface area (Å²) in [4.78, 5) is 9.95. The number of hydrogen-bond donors (Lipinski definition) is 1. The van der Waals surface area contributed by atoms with Gasteiger partial charge in [0.15, 0.2) is 0 Å². The molecule has 0 aliphatic carbocycles. The minimum absolute atomic E-state index is 0.667. The van der Waals surface area contributed by atoms with E-state index in [9.17, 15) is 4.79 Å². The van der Waals surface area contributed by atoms with Crippen molar-refractivity contribution in [3.05, 3.63) is 11.6 Å². The zero-order chi connectivity index (χ0) is 6.41. The van der Waals surface area contributed by atoms with Crippen LogP contribution in [-0.4, -0.2) is 12.5 Å². The van der Waals surface area contributed by atoms with Gasteiger partial charge in [0.2, 0.25) is 0 Å². The molecule has 44 valence electrons. The predicted molar refractivity (Wildman–Crippen MR) is 33.2 cm³/mol. The van der Waals surface area contributed by atoms with Crippen LogP contribution in [0.1, 0.15) is 13.3 Å². The molecule has 2 heteroatoms. The van der Waals surface area contributed by atoms with E-state index in [2.05, 4.69) is 0 Å². The standard InChI is InChI=1S/C6H9NO/c1-2-6(5-8)3-4-7/h3-5,7H,2H2,1H3/b6-3+,7-4?. The molecule has 1 N–H and O–H groups in total. The third-order valence-corrected chi connectivity index (χ3v) is 0.857. The topological polar surface area (TPSA) is 40.9 Å². The van der Waals surface area contributed by atoms with Gasteiger partial charge in [-0.05, 0) is 18.1 Å². The van der Waals surface area contributed by atoms with Crippen LogP contribution in [0.3, 0.4) is 0 Å². The van der Waals surface area contributed by atoms with E-state index in [1.165, 1.54) is 6.08 Å². The molecule has 0 amide bonds. The van der Waals surface area contributed by atoms with Gasteiger partial charge >= 0.3 is 0 Å². The number of carbonyl (C=O) groups is 1. The number of hydrogen-bond acceptors (Lipinski definition) is 2. The zero-order valence-electron chi connectivity index (χ0n) is 4.85. The second kappa shape index (κ2) is 4.24. The molecule has 2 nitrogen and oxygen atoms in total. The van der Waals surface area contributed by atoms with Gasteiger partial charge in [-0.2, -0.15) is 0 Å². The van der Waals surface area contributed by atoms with Gasteiger partial charge in [0.1, 0.15) is 6.29 Å². The number of nitrogens with one attached hydrogen (secondary N) is 1. The van der Waals surface area contributed by atoms with Gasteiger partial charge in [-0.1, -0.05) is 6.92 Å². The maximum atomic E-state index is 9.95. The third-order valence-electron chi connectivity index (χ3n) is 0.857. The number of aldehydes is 1. The molecule has 0 aromatic heterocycles. The summed E-state index contributed by atoms with van der Waals surface area (Å²) in [5.74, 6) is 0. The molecule has 0 aromatic carbocycles. The fourth-order valence-corrected chi connectivity index (χ4v) is 0.348. The lowest BCUT2D eigenvalue weighted by atomic mass is 10.2. The molecule has 0 spiro atoms. The van der Waals surface area contributed by atoms with Gasteiger partial charge < -0.3 is 5.41 Å². The van der Waals surface area contributed by atoms with Gasteiger partial charge in [-0.3, -0.25) is 4.79 Å². The smallest absolute Gasteiger partial charge is 0.146 e. The van der Waals surface area contributed by atoms with Crippen LogP contribution in [0.25, 0.3) is 0 Å². The normalized spacial score (nSPS) is 10.9. The van der Waals surface area contributed by atoms with Gasteiger partial charge in [0, 0.05) is 6.21 Å². The molecular formula is C6H9NO. The van der Waals surface area contributed by atoms with Gasteiger partial charge in [0.05, 0.1) is 0 Å². The van der Waals surface area contributed by atoms with Crippen LogP contribution >= 0.6 is 0 Å². The van der Waals surface area contributed by atoms with E-state index >= 15 is 0 Å². The van der Waals surface area contributed by atoms with E-state index in [1.54, 1.807) is 0 Å². The minimum Gasteiger partial charge on any atom is -0.309 e. The highest BCUT2D eigenvalue weighted by Crippen LogP contribution is 1.91. The van der Waals surface area contributed by atoms with Crippen LogP contribution in [-0.2, 0) is 4.79 Å². The molecule has 0 rings (SSSR count). The molecule has 0 fully saturated rings. The van der Waals surface area contributed by atoms with Crippen molar-refractivity contribution in [1.29, 1.82) is 5.41 Å². The molecule has 0 unspecified atom stereocenters. The largest absolute Gasteiger partial charge is 0.309 e. The Kier molecular flexibility index (Phi) is 3.76. The van der Waals surface area contributed by atoms with E-state index < -0.39 is 0 Å². The fraction of sp³-hybridized carbons (Fsp3) is 0.333. The molecular weight excluding hydrogens is 102 g/mol. The van der Waals surface area contributed by atoms with Crippen LogP contribution in [0.4, 0.5) is 0 Å². The lowest BCUT2D eigenvalue weighted by Gasteiger charge is -1.84. The van der Waals surface area contributed by atoms with Crippen molar-refractivity contribution < 1.29 is 4.79 Å². The highest BCUT2D eigenvalue weighted by Gasteiger charge is 1.84. The van der Waals surface area contributed by atoms with Crippen LogP contribution in [0.2, 0.25) is 0 Å². The minimum atomic E-state index is 0.667. The summed E-state index contributed by atoms with van der Waals surface area (Å²) in [6, 6.07) is 0. The summed E-state index contributed by atoms with van der Waals surface area (Å²) in [7, 11) is 0. The van der Waals surface area contributed by atoms with Crippen LogP contribution in [0, 0.1) is 5.41 Å². The average Bonchev–Trinajstić information content (AvgIpc) is 1.83. The molecule has 0 aliphatic rings. The van der Waals surface area contributed by atoms with E-state index in [0.29, 0.717) is 12.0 Å². The van der Waals surface area contributed by atoms with E-state index in [0.717, 1.165) is 12.5 Å². The molecule has 0 saturated carbocycles. The van der Waals surface area contributed by atoms with Crippen molar-refractivity contribution in [2.24, 2.45) is 0 Å². The predicted octanol–water partition coefficient (Wildman–Crippen LogP) is 1.17. The molecule has 0 bridgehead atoms. The number of carbonyl (C=O) groups excluding carboxylic acids is 1. The second-order valence-electron chi connectivity index (χ2n) is 1.38. The Morgan fingerprint density at radius 3 is 2.50 bits per heavy atom. The monoisotopic (exact) mass is 111 g/mol. The number of allylic oxidation sites excluding steroid dienone is 2. The lowest BCUT2D eigenvalue weighted by molar-refractivity contribution is -0.105. The first kappa shape index (κ1) is 7.08.